The number of benzene rings is 2. The lowest BCUT2D eigenvalue weighted by Crippen LogP contribution is -2.30. The summed E-state index contributed by atoms with van der Waals surface area (Å²) >= 11 is 11.3. The minimum Gasteiger partial charge on any atom is -0.494 e. The topological polar surface area (TPSA) is 63.1 Å². The van der Waals surface area contributed by atoms with Crippen molar-refractivity contribution in [2.45, 2.75) is 20.0 Å². The van der Waals surface area contributed by atoms with Crippen LogP contribution in [0.4, 0.5) is 0 Å². The molecule has 3 aromatic rings. The molecule has 3 rings (SSSR count). The number of halogens is 1. The number of aromatic amines is 1. The molecule has 0 bridgehead atoms. The van der Waals surface area contributed by atoms with Gasteiger partial charge >= 0.3 is 0 Å². The van der Waals surface area contributed by atoms with Gasteiger partial charge in [0.25, 0.3) is 0 Å². The highest BCUT2D eigenvalue weighted by molar-refractivity contribution is 7.71. The monoisotopic (exact) mass is 416 g/mol. The van der Waals surface area contributed by atoms with E-state index in [9.17, 15) is 4.79 Å². The van der Waals surface area contributed by atoms with Crippen molar-refractivity contribution in [3.05, 3.63) is 63.9 Å². The third-order valence-electron chi connectivity index (χ3n) is 4.23. The summed E-state index contributed by atoms with van der Waals surface area (Å²) in [6.07, 6.45) is 0. The van der Waals surface area contributed by atoms with Gasteiger partial charge in [-0.15, -0.1) is 0 Å². The highest BCUT2D eigenvalue weighted by Crippen LogP contribution is 2.20. The molecule has 0 radical (unpaired) electrons. The zero-order valence-electron chi connectivity index (χ0n) is 15.7. The molecule has 0 atom stereocenters. The fraction of sp³-hybridized carbons (Fsp3) is 0.250. The number of hydrogen-bond acceptors (Lipinski definition) is 4. The number of aromatic nitrogens is 3. The molecular formula is C20H21ClN4O2S. The fourth-order valence-corrected chi connectivity index (χ4v) is 3.08. The highest BCUT2D eigenvalue weighted by Gasteiger charge is 2.15. The zero-order chi connectivity index (χ0) is 20.1. The number of carbonyl (C=O) groups is 1. The van der Waals surface area contributed by atoms with Crippen molar-refractivity contribution >= 4 is 29.7 Å². The number of rotatable bonds is 7. The molecule has 0 saturated heterocycles. The largest absolute Gasteiger partial charge is 0.494 e. The summed E-state index contributed by atoms with van der Waals surface area (Å²) in [7, 11) is 1.77. The van der Waals surface area contributed by atoms with Crippen LogP contribution in [-0.4, -0.2) is 39.2 Å². The van der Waals surface area contributed by atoms with Gasteiger partial charge in [-0.05, 0) is 61.1 Å². The number of amides is 1. The molecule has 1 N–H and O–H groups in total. The fourth-order valence-electron chi connectivity index (χ4n) is 2.76. The van der Waals surface area contributed by atoms with Crippen LogP contribution in [0.5, 0.6) is 5.75 Å². The van der Waals surface area contributed by atoms with E-state index in [1.54, 1.807) is 28.6 Å². The van der Waals surface area contributed by atoms with Crippen LogP contribution in [0.2, 0.25) is 5.02 Å². The Morgan fingerprint density at radius 1 is 1.21 bits per heavy atom. The van der Waals surface area contributed by atoms with E-state index in [1.165, 1.54) is 0 Å². The van der Waals surface area contributed by atoms with Crippen molar-refractivity contribution in [2.24, 2.45) is 0 Å². The van der Waals surface area contributed by atoms with Gasteiger partial charge in [-0.25, -0.2) is 0 Å². The summed E-state index contributed by atoms with van der Waals surface area (Å²) in [4.78, 5) is 14.4. The van der Waals surface area contributed by atoms with Crippen LogP contribution in [0, 0.1) is 4.77 Å². The van der Waals surface area contributed by atoms with Crippen molar-refractivity contribution in [3.8, 4) is 17.1 Å². The maximum absolute atomic E-state index is 12.7. The standard InChI is InChI=1S/C20H21ClN4O2S/c1-3-27-17-10-4-14(5-11-17)12-24(2)18(26)13-25-19(22-23-20(25)28)15-6-8-16(21)9-7-15/h4-11H,3,12-13H2,1-2H3,(H,23,28). The van der Waals surface area contributed by atoms with E-state index in [4.69, 9.17) is 28.6 Å². The van der Waals surface area contributed by atoms with Gasteiger partial charge in [0.2, 0.25) is 5.91 Å². The van der Waals surface area contributed by atoms with Gasteiger partial charge in [0, 0.05) is 24.2 Å². The molecule has 0 fully saturated rings. The van der Waals surface area contributed by atoms with Crippen LogP contribution in [0.15, 0.2) is 48.5 Å². The molecule has 2 aromatic carbocycles. The average molecular weight is 417 g/mol. The van der Waals surface area contributed by atoms with Crippen LogP contribution in [0.1, 0.15) is 12.5 Å². The molecule has 1 amide bonds. The quantitative estimate of drug-likeness (QED) is 0.582. The Balaban J connectivity index is 1.71. The number of carbonyl (C=O) groups excluding carboxylic acids is 1. The van der Waals surface area contributed by atoms with E-state index in [-0.39, 0.29) is 12.5 Å². The molecule has 8 heteroatoms. The van der Waals surface area contributed by atoms with E-state index < -0.39 is 0 Å². The summed E-state index contributed by atoms with van der Waals surface area (Å²) in [5.41, 5.74) is 1.85. The van der Waals surface area contributed by atoms with Crippen LogP contribution in [-0.2, 0) is 17.9 Å². The highest BCUT2D eigenvalue weighted by atomic mass is 35.5. The number of nitrogens with zero attached hydrogens (tertiary/aromatic N) is 3. The number of ether oxygens (including phenoxy) is 1. The first kappa shape index (κ1) is 20.1. The molecule has 1 aromatic heterocycles. The zero-order valence-corrected chi connectivity index (χ0v) is 17.3. The minimum absolute atomic E-state index is 0.0680. The predicted molar refractivity (Wildman–Crippen MR) is 112 cm³/mol. The molecule has 6 nitrogen and oxygen atoms in total. The Labute approximate surface area is 173 Å². The van der Waals surface area contributed by atoms with Gasteiger partial charge in [-0.2, -0.15) is 5.10 Å². The molecule has 28 heavy (non-hydrogen) atoms. The van der Waals surface area contributed by atoms with Gasteiger partial charge in [-0.1, -0.05) is 23.7 Å². The Bertz CT molecular complexity index is 996. The lowest BCUT2D eigenvalue weighted by Gasteiger charge is -2.18. The average Bonchev–Trinajstić information content (AvgIpc) is 3.04. The van der Waals surface area contributed by atoms with Gasteiger partial charge < -0.3 is 9.64 Å². The molecule has 1 heterocycles. The molecule has 146 valence electrons. The molecule has 0 unspecified atom stereocenters. The summed E-state index contributed by atoms with van der Waals surface area (Å²) < 4.78 is 7.53. The van der Waals surface area contributed by atoms with Crippen molar-refractivity contribution in [1.82, 2.24) is 19.7 Å². The van der Waals surface area contributed by atoms with E-state index in [0.717, 1.165) is 16.9 Å². The number of likely N-dealkylation sites (N-methyl/N-ethyl adjacent to an activating group) is 1. The Hall–Kier alpha value is -2.64. The first-order valence-electron chi connectivity index (χ1n) is 8.84. The minimum atomic E-state index is -0.0680. The maximum atomic E-state index is 12.7. The molecule has 0 spiro atoms. The van der Waals surface area contributed by atoms with Crippen molar-refractivity contribution in [1.29, 1.82) is 0 Å². The van der Waals surface area contributed by atoms with Crippen LogP contribution in [0.3, 0.4) is 0 Å². The summed E-state index contributed by atoms with van der Waals surface area (Å²) in [6, 6.07) is 15.0. The maximum Gasteiger partial charge on any atom is 0.242 e. The second kappa shape index (κ2) is 9.03. The number of nitrogens with one attached hydrogen (secondary N) is 1. The second-order valence-electron chi connectivity index (χ2n) is 6.27. The van der Waals surface area contributed by atoms with E-state index in [1.807, 2.05) is 43.3 Å². The van der Waals surface area contributed by atoms with Crippen molar-refractivity contribution in [2.75, 3.05) is 13.7 Å². The van der Waals surface area contributed by atoms with Crippen LogP contribution >= 0.6 is 23.8 Å². The molecule has 0 aliphatic carbocycles. The lowest BCUT2D eigenvalue weighted by atomic mass is 10.2. The van der Waals surface area contributed by atoms with Gasteiger partial charge in [0.15, 0.2) is 10.6 Å². The predicted octanol–water partition coefficient (Wildman–Crippen LogP) is 4.32. The van der Waals surface area contributed by atoms with E-state index in [2.05, 4.69) is 10.2 Å². The Morgan fingerprint density at radius 2 is 1.89 bits per heavy atom. The lowest BCUT2D eigenvalue weighted by molar-refractivity contribution is -0.131. The summed E-state index contributed by atoms with van der Waals surface area (Å²) in [6.45, 7) is 3.16. The molecule has 0 saturated carbocycles. The first-order chi connectivity index (χ1) is 13.5. The van der Waals surface area contributed by atoms with Gasteiger partial charge in [0.1, 0.15) is 12.3 Å². The van der Waals surface area contributed by atoms with Gasteiger partial charge in [0.05, 0.1) is 6.61 Å². The first-order valence-corrected chi connectivity index (χ1v) is 9.63. The van der Waals surface area contributed by atoms with E-state index >= 15 is 0 Å². The normalized spacial score (nSPS) is 10.7. The van der Waals surface area contributed by atoms with Crippen LogP contribution in [0.25, 0.3) is 11.4 Å². The number of H-pyrrole nitrogens is 1. The van der Waals surface area contributed by atoms with Gasteiger partial charge in [-0.3, -0.25) is 14.5 Å². The SMILES string of the molecule is CCOc1ccc(CN(C)C(=O)Cn2c(-c3ccc(Cl)cc3)n[nH]c2=S)cc1. The molecular weight excluding hydrogens is 396 g/mol. The molecule has 0 aliphatic heterocycles. The third kappa shape index (κ3) is 4.79. The second-order valence-corrected chi connectivity index (χ2v) is 7.10. The third-order valence-corrected chi connectivity index (χ3v) is 4.80. The van der Waals surface area contributed by atoms with Crippen molar-refractivity contribution < 1.29 is 9.53 Å². The smallest absolute Gasteiger partial charge is 0.242 e. The summed E-state index contributed by atoms with van der Waals surface area (Å²) in [5.74, 6) is 1.35. The van der Waals surface area contributed by atoms with Crippen molar-refractivity contribution in [3.63, 3.8) is 0 Å². The number of hydrogen-bond donors (Lipinski definition) is 1. The summed E-state index contributed by atoms with van der Waals surface area (Å²) in [5, 5.41) is 7.65. The van der Waals surface area contributed by atoms with E-state index in [0.29, 0.717) is 28.8 Å². The Kier molecular flexibility index (Phi) is 6.49. The van der Waals surface area contributed by atoms with Crippen LogP contribution < -0.4 is 4.74 Å². The Morgan fingerprint density at radius 3 is 2.54 bits per heavy atom. The molecule has 0 aliphatic rings.